The lowest BCUT2D eigenvalue weighted by atomic mass is 9.77. The molecule has 1 unspecified atom stereocenters. The first kappa shape index (κ1) is 12.5. The van der Waals surface area contributed by atoms with Crippen LogP contribution in [0, 0.1) is 0 Å². The Morgan fingerprint density at radius 1 is 1.00 bits per heavy atom. The summed E-state index contributed by atoms with van der Waals surface area (Å²) in [6.07, 6.45) is 3.11. The van der Waals surface area contributed by atoms with Gasteiger partial charge in [-0.15, -0.1) is 0 Å². The van der Waals surface area contributed by atoms with E-state index in [1.54, 1.807) is 0 Å². The second-order valence-corrected chi connectivity index (χ2v) is 5.72. The molecule has 2 heteroatoms. The molecule has 0 amide bonds. The summed E-state index contributed by atoms with van der Waals surface area (Å²) in [5.74, 6) is 0.675. The fourth-order valence-electron chi connectivity index (χ4n) is 3.24. The number of hydrogen-bond acceptors (Lipinski definition) is 2. The van der Waals surface area contributed by atoms with Gasteiger partial charge in [-0.2, -0.15) is 0 Å². The van der Waals surface area contributed by atoms with Crippen molar-refractivity contribution in [1.29, 1.82) is 0 Å². The first-order chi connectivity index (χ1) is 10.4. The van der Waals surface area contributed by atoms with Gasteiger partial charge in [-0.3, -0.25) is 4.98 Å². The molecule has 0 bridgehead atoms. The van der Waals surface area contributed by atoms with Gasteiger partial charge in [0.1, 0.15) is 0 Å². The van der Waals surface area contributed by atoms with Gasteiger partial charge in [-0.05, 0) is 35.2 Å². The molecule has 1 aromatic heterocycles. The van der Waals surface area contributed by atoms with Crippen LogP contribution in [0.1, 0.15) is 22.6 Å². The Morgan fingerprint density at radius 3 is 2.81 bits per heavy atom. The van der Waals surface area contributed by atoms with E-state index in [-0.39, 0.29) is 0 Å². The zero-order chi connectivity index (χ0) is 14.1. The van der Waals surface area contributed by atoms with Crippen LogP contribution < -0.4 is 5.32 Å². The fraction of sp³-hybridized carbons (Fsp3) is 0.211. The fourth-order valence-corrected chi connectivity index (χ4v) is 3.24. The summed E-state index contributed by atoms with van der Waals surface area (Å²) in [6, 6.07) is 19.2. The standard InChI is InChI=1S/C19H18N2/c1-2-6-17-14(5-1)11-16(17)13-20-12-15-9-10-21-19-8-4-3-7-18(15)19/h1-10,16,20H,11-13H2. The van der Waals surface area contributed by atoms with E-state index < -0.39 is 0 Å². The quantitative estimate of drug-likeness (QED) is 0.785. The predicted octanol–water partition coefficient (Wildman–Crippen LogP) is 3.66. The Balaban J connectivity index is 1.43. The molecule has 0 saturated carbocycles. The van der Waals surface area contributed by atoms with E-state index in [0.29, 0.717) is 5.92 Å². The molecule has 0 aliphatic heterocycles. The van der Waals surface area contributed by atoms with Crippen molar-refractivity contribution >= 4 is 10.9 Å². The van der Waals surface area contributed by atoms with Gasteiger partial charge in [-0.25, -0.2) is 0 Å². The lowest BCUT2D eigenvalue weighted by molar-refractivity contribution is 0.536. The van der Waals surface area contributed by atoms with Crippen LogP contribution in [-0.2, 0) is 13.0 Å². The molecule has 0 radical (unpaired) electrons. The summed E-state index contributed by atoms with van der Waals surface area (Å²) in [7, 11) is 0. The second kappa shape index (κ2) is 5.30. The Morgan fingerprint density at radius 2 is 1.86 bits per heavy atom. The third kappa shape index (κ3) is 2.32. The molecule has 1 aliphatic rings. The maximum Gasteiger partial charge on any atom is 0.0705 e. The Hall–Kier alpha value is -2.19. The Labute approximate surface area is 124 Å². The maximum atomic E-state index is 4.41. The highest BCUT2D eigenvalue weighted by molar-refractivity contribution is 5.81. The van der Waals surface area contributed by atoms with Gasteiger partial charge in [0.2, 0.25) is 0 Å². The number of benzene rings is 2. The number of para-hydroxylation sites is 1. The first-order valence-electron chi connectivity index (χ1n) is 7.53. The van der Waals surface area contributed by atoms with Crippen molar-refractivity contribution < 1.29 is 0 Å². The van der Waals surface area contributed by atoms with Crippen LogP contribution in [0.4, 0.5) is 0 Å². The van der Waals surface area contributed by atoms with Crippen molar-refractivity contribution in [3.63, 3.8) is 0 Å². The summed E-state index contributed by atoms with van der Waals surface area (Å²) in [5, 5.41) is 4.86. The smallest absolute Gasteiger partial charge is 0.0705 e. The minimum Gasteiger partial charge on any atom is -0.312 e. The van der Waals surface area contributed by atoms with Crippen molar-refractivity contribution in [2.45, 2.75) is 18.9 Å². The van der Waals surface area contributed by atoms with E-state index in [1.165, 1.54) is 28.5 Å². The number of fused-ring (bicyclic) bond motifs is 2. The van der Waals surface area contributed by atoms with Gasteiger partial charge in [0.05, 0.1) is 5.52 Å². The van der Waals surface area contributed by atoms with E-state index in [4.69, 9.17) is 0 Å². The average Bonchev–Trinajstić information content (AvgIpc) is 2.52. The highest BCUT2D eigenvalue weighted by atomic mass is 14.9. The van der Waals surface area contributed by atoms with Gasteiger partial charge < -0.3 is 5.32 Å². The van der Waals surface area contributed by atoms with Gasteiger partial charge >= 0.3 is 0 Å². The second-order valence-electron chi connectivity index (χ2n) is 5.72. The largest absolute Gasteiger partial charge is 0.312 e. The average molecular weight is 274 g/mol. The molecule has 1 atom stereocenters. The summed E-state index contributed by atoms with van der Waals surface area (Å²) < 4.78 is 0. The van der Waals surface area contributed by atoms with E-state index >= 15 is 0 Å². The summed E-state index contributed by atoms with van der Waals surface area (Å²) >= 11 is 0. The molecule has 21 heavy (non-hydrogen) atoms. The molecular weight excluding hydrogens is 256 g/mol. The van der Waals surface area contributed by atoms with Crippen LogP contribution in [0.3, 0.4) is 0 Å². The molecule has 1 aliphatic carbocycles. The van der Waals surface area contributed by atoms with Gasteiger partial charge in [-0.1, -0.05) is 42.5 Å². The molecule has 1 N–H and O–H groups in total. The molecule has 0 spiro atoms. The molecule has 3 aromatic rings. The first-order valence-corrected chi connectivity index (χ1v) is 7.53. The normalized spacial score (nSPS) is 16.5. The van der Waals surface area contributed by atoms with E-state index in [9.17, 15) is 0 Å². The number of pyridine rings is 1. The maximum absolute atomic E-state index is 4.41. The van der Waals surface area contributed by atoms with Crippen LogP contribution in [0.2, 0.25) is 0 Å². The number of rotatable bonds is 4. The highest BCUT2D eigenvalue weighted by Gasteiger charge is 2.24. The van der Waals surface area contributed by atoms with Crippen molar-refractivity contribution in [2.75, 3.05) is 6.54 Å². The van der Waals surface area contributed by atoms with Gasteiger partial charge in [0, 0.05) is 30.6 Å². The van der Waals surface area contributed by atoms with Crippen molar-refractivity contribution in [2.24, 2.45) is 0 Å². The molecule has 0 fully saturated rings. The molecule has 2 aromatic carbocycles. The molecule has 0 saturated heterocycles. The third-order valence-corrected chi connectivity index (χ3v) is 4.41. The third-order valence-electron chi connectivity index (χ3n) is 4.41. The molecule has 104 valence electrons. The summed E-state index contributed by atoms with van der Waals surface area (Å²) in [6.45, 7) is 1.95. The summed E-state index contributed by atoms with van der Waals surface area (Å²) in [4.78, 5) is 4.41. The highest BCUT2D eigenvalue weighted by Crippen LogP contribution is 2.34. The zero-order valence-electron chi connectivity index (χ0n) is 11.9. The number of nitrogens with one attached hydrogen (secondary N) is 1. The van der Waals surface area contributed by atoms with Gasteiger partial charge in [0.25, 0.3) is 0 Å². The lowest BCUT2D eigenvalue weighted by Gasteiger charge is -2.30. The topological polar surface area (TPSA) is 24.9 Å². The Kier molecular flexibility index (Phi) is 3.17. The summed E-state index contributed by atoms with van der Waals surface area (Å²) in [5.41, 5.74) is 5.43. The van der Waals surface area contributed by atoms with Crippen molar-refractivity contribution in [3.05, 3.63) is 77.5 Å². The van der Waals surface area contributed by atoms with Crippen LogP contribution in [-0.4, -0.2) is 11.5 Å². The minimum absolute atomic E-state index is 0.675. The number of nitrogens with zero attached hydrogens (tertiary/aromatic N) is 1. The van der Waals surface area contributed by atoms with Crippen LogP contribution in [0.15, 0.2) is 60.8 Å². The van der Waals surface area contributed by atoms with Crippen LogP contribution in [0.25, 0.3) is 10.9 Å². The monoisotopic (exact) mass is 274 g/mol. The SMILES string of the molecule is c1ccc2c(c1)CC2CNCc1ccnc2ccccc12. The zero-order valence-corrected chi connectivity index (χ0v) is 11.9. The number of aromatic nitrogens is 1. The number of hydrogen-bond donors (Lipinski definition) is 1. The van der Waals surface area contributed by atoms with E-state index in [0.717, 1.165) is 18.6 Å². The van der Waals surface area contributed by atoms with Crippen molar-refractivity contribution in [1.82, 2.24) is 10.3 Å². The predicted molar refractivity (Wildman–Crippen MR) is 86.3 cm³/mol. The molecule has 1 heterocycles. The van der Waals surface area contributed by atoms with Crippen LogP contribution >= 0.6 is 0 Å². The van der Waals surface area contributed by atoms with E-state index in [2.05, 4.69) is 58.8 Å². The molecular formula is C19H18N2. The Bertz CT molecular complexity index is 774. The van der Waals surface area contributed by atoms with Gasteiger partial charge in [0.15, 0.2) is 0 Å². The van der Waals surface area contributed by atoms with Crippen LogP contribution in [0.5, 0.6) is 0 Å². The van der Waals surface area contributed by atoms with Crippen molar-refractivity contribution in [3.8, 4) is 0 Å². The molecule has 2 nitrogen and oxygen atoms in total. The minimum atomic E-state index is 0.675. The molecule has 4 rings (SSSR count). The lowest BCUT2D eigenvalue weighted by Crippen LogP contribution is -2.28. The van der Waals surface area contributed by atoms with E-state index in [1.807, 2.05) is 12.3 Å².